The third-order valence-corrected chi connectivity index (χ3v) is 3.92. The average molecular weight is 257 g/mol. The zero-order valence-corrected chi connectivity index (χ0v) is 10.7. The van der Waals surface area contributed by atoms with E-state index in [4.69, 9.17) is 5.26 Å². The zero-order valence-electron chi connectivity index (χ0n) is 10.7. The van der Waals surface area contributed by atoms with Gasteiger partial charge in [0.15, 0.2) is 5.78 Å². The van der Waals surface area contributed by atoms with Gasteiger partial charge >= 0.3 is 5.97 Å². The molecule has 4 nitrogen and oxygen atoms in total. The van der Waals surface area contributed by atoms with Crippen molar-refractivity contribution in [2.75, 3.05) is 0 Å². The summed E-state index contributed by atoms with van der Waals surface area (Å²) in [4.78, 5) is 23.7. The van der Waals surface area contributed by atoms with Gasteiger partial charge in [0.1, 0.15) is 5.41 Å². The van der Waals surface area contributed by atoms with Crippen molar-refractivity contribution in [2.45, 2.75) is 26.2 Å². The lowest BCUT2D eigenvalue weighted by Crippen LogP contribution is -2.38. The number of hydrogen-bond acceptors (Lipinski definition) is 3. The van der Waals surface area contributed by atoms with Crippen molar-refractivity contribution >= 4 is 11.8 Å². The topological polar surface area (TPSA) is 78.2 Å². The smallest absolute Gasteiger partial charge is 0.317 e. The second-order valence-corrected chi connectivity index (χ2v) is 5.18. The van der Waals surface area contributed by atoms with E-state index in [1.54, 1.807) is 31.2 Å². The highest BCUT2D eigenvalue weighted by atomic mass is 16.4. The molecule has 2 atom stereocenters. The van der Waals surface area contributed by atoms with E-state index in [0.717, 1.165) is 5.56 Å². The molecule has 1 N–H and O–H groups in total. The number of carboxylic acids is 1. The second-order valence-electron chi connectivity index (χ2n) is 5.18. The van der Waals surface area contributed by atoms with Gasteiger partial charge in [-0.1, -0.05) is 19.1 Å². The van der Waals surface area contributed by atoms with E-state index in [1.165, 1.54) is 0 Å². The highest BCUT2D eigenvalue weighted by Crippen LogP contribution is 2.41. The Morgan fingerprint density at radius 2 is 2.11 bits per heavy atom. The van der Waals surface area contributed by atoms with Gasteiger partial charge in [-0.25, -0.2) is 0 Å². The van der Waals surface area contributed by atoms with Crippen LogP contribution in [0.2, 0.25) is 0 Å². The molecule has 19 heavy (non-hydrogen) atoms. The maximum absolute atomic E-state index is 12.2. The van der Waals surface area contributed by atoms with Crippen molar-refractivity contribution in [3.8, 4) is 6.07 Å². The number of Topliss-reactive ketones (excluding diaryl/α,β-unsaturated/α-hetero) is 1. The van der Waals surface area contributed by atoms with Gasteiger partial charge in [-0.2, -0.15) is 5.26 Å². The third kappa shape index (κ3) is 2.24. The number of benzene rings is 1. The van der Waals surface area contributed by atoms with E-state index < -0.39 is 11.4 Å². The normalized spacial score (nSPS) is 26.1. The number of carboxylic acid groups (broad SMARTS) is 1. The summed E-state index contributed by atoms with van der Waals surface area (Å²) in [5.74, 6) is -1.40. The Morgan fingerprint density at radius 1 is 1.47 bits per heavy atom. The van der Waals surface area contributed by atoms with Crippen LogP contribution in [-0.4, -0.2) is 16.9 Å². The van der Waals surface area contributed by atoms with Gasteiger partial charge in [-0.15, -0.1) is 0 Å². The van der Waals surface area contributed by atoms with Gasteiger partial charge in [0, 0.05) is 5.92 Å². The minimum Gasteiger partial charge on any atom is -0.480 e. The first-order valence-corrected chi connectivity index (χ1v) is 6.26. The van der Waals surface area contributed by atoms with Gasteiger partial charge in [0.05, 0.1) is 11.6 Å². The van der Waals surface area contributed by atoms with Gasteiger partial charge in [0.2, 0.25) is 0 Å². The molecule has 98 valence electrons. The maximum Gasteiger partial charge on any atom is 0.317 e. The van der Waals surface area contributed by atoms with Crippen LogP contribution in [0.25, 0.3) is 0 Å². The summed E-state index contributed by atoms with van der Waals surface area (Å²) in [6.07, 6.45) is 1.22. The molecular formula is C15H15NO3. The molecule has 0 spiro atoms. The van der Waals surface area contributed by atoms with Crippen LogP contribution in [0.5, 0.6) is 0 Å². The summed E-state index contributed by atoms with van der Waals surface area (Å²) < 4.78 is 0. The highest BCUT2D eigenvalue weighted by Gasteiger charge is 2.51. The molecule has 0 bridgehead atoms. The average Bonchev–Trinajstić information content (AvgIpc) is 2.69. The fraction of sp³-hybridized carbons (Fsp3) is 0.400. The summed E-state index contributed by atoms with van der Waals surface area (Å²) >= 11 is 0. The molecule has 0 heterocycles. The third-order valence-electron chi connectivity index (χ3n) is 3.92. The van der Waals surface area contributed by atoms with Crippen molar-refractivity contribution in [1.82, 2.24) is 0 Å². The first-order chi connectivity index (χ1) is 8.99. The quantitative estimate of drug-likeness (QED) is 0.842. The zero-order chi connectivity index (χ0) is 14.0. The van der Waals surface area contributed by atoms with Crippen molar-refractivity contribution in [1.29, 1.82) is 5.26 Å². The minimum atomic E-state index is -1.28. The predicted octanol–water partition coefficient (Wildman–Crippen LogP) is 2.17. The molecule has 1 aromatic carbocycles. The van der Waals surface area contributed by atoms with Gasteiger partial charge in [-0.05, 0) is 37.0 Å². The number of ketones is 1. The first-order valence-electron chi connectivity index (χ1n) is 6.26. The van der Waals surface area contributed by atoms with E-state index in [9.17, 15) is 14.7 Å². The molecule has 0 radical (unpaired) electrons. The molecule has 4 heteroatoms. The van der Waals surface area contributed by atoms with Crippen LogP contribution in [-0.2, 0) is 16.0 Å². The van der Waals surface area contributed by atoms with E-state index in [2.05, 4.69) is 0 Å². The number of carbonyl (C=O) groups is 2. The Labute approximate surface area is 111 Å². The van der Waals surface area contributed by atoms with Crippen LogP contribution in [0, 0.1) is 22.7 Å². The SMILES string of the molecule is CC1CCC(Cc2ccc(C#N)cc2)(C(=O)O)C1=O. The Kier molecular flexibility index (Phi) is 3.39. The maximum atomic E-state index is 12.2. The summed E-state index contributed by atoms with van der Waals surface area (Å²) in [6, 6.07) is 8.75. The number of hydrogen-bond donors (Lipinski definition) is 1. The van der Waals surface area contributed by atoms with Crippen molar-refractivity contribution in [3.63, 3.8) is 0 Å². The number of nitrogens with zero attached hydrogens (tertiary/aromatic N) is 1. The standard InChI is InChI=1S/C15H15NO3/c1-10-6-7-15(13(10)17,14(18)19)8-11-2-4-12(9-16)5-3-11/h2-5,10H,6-8H2,1H3,(H,18,19). The molecule has 0 amide bonds. The van der Waals surface area contributed by atoms with Crippen LogP contribution in [0.4, 0.5) is 0 Å². The molecule has 0 aromatic heterocycles. The molecule has 1 aromatic rings. The highest BCUT2D eigenvalue weighted by molar-refractivity contribution is 6.05. The second kappa shape index (κ2) is 4.85. The molecule has 2 rings (SSSR count). The number of rotatable bonds is 3. The summed E-state index contributed by atoms with van der Waals surface area (Å²) in [5.41, 5.74) is 0.0243. The Bertz CT molecular complexity index is 556. The van der Waals surface area contributed by atoms with Crippen molar-refractivity contribution in [3.05, 3.63) is 35.4 Å². The fourth-order valence-corrected chi connectivity index (χ4v) is 2.70. The van der Waals surface area contributed by atoms with Crippen LogP contribution < -0.4 is 0 Å². The van der Waals surface area contributed by atoms with Crippen molar-refractivity contribution < 1.29 is 14.7 Å². The van der Waals surface area contributed by atoms with Gasteiger partial charge in [0.25, 0.3) is 0 Å². The number of carbonyl (C=O) groups excluding carboxylic acids is 1. The first kappa shape index (κ1) is 13.3. The lowest BCUT2D eigenvalue weighted by Gasteiger charge is -2.22. The van der Waals surface area contributed by atoms with Crippen LogP contribution in [0.3, 0.4) is 0 Å². The molecule has 0 aliphatic heterocycles. The van der Waals surface area contributed by atoms with Crippen molar-refractivity contribution in [2.24, 2.45) is 11.3 Å². The summed E-state index contributed by atoms with van der Waals surface area (Å²) in [5, 5.41) is 18.2. The predicted molar refractivity (Wildman–Crippen MR) is 68.3 cm³/mol. The van der Waals surface area contributed by atoms with E-state index in [1.807, 2.05) is 6.07 Å². The Morgan fingerprint density at radius 3 is 2.53 bits per heavy atom. The molecular weight excluding hydrogens is 242 g/mol. The lowest BCUT2D eigenvalue weighted by atomic mass is 9.78. The van der Waals surface area contributed by atoms with Crippen LogP contribution in [0.1, 0.15) is 30.9 Å². The monoisotopic (exact) mass is 257 g/mol. The Balaban J connectivity index is 2.30. The van der Waals surface area contributed by atoms with E-state index in [0.29, 0.717) is 18.4 Å². The molecule has 1 saturated carbocycles. The molecule has 0 saturated heterocycles. The van der Waals surface area contributed by atoms with Crippen LogP contribution in [0.15, 0.2) is 24.3 Å². The lowest BCUT2D eigenvalue weighted by molar-refractivity contribution is -0.153. The molecule has 1 fully saturated rings. The minimum absolute atomic E-state index is 0.177. The summed E-state index contributed by atoms with van der Waals surface area (Å²) in [6.45, 7) is 1.78. The molecule has 1 aliphatic carbocycles. The fourth-order valence-electron chi connectivity index (χ4n) is 2.70. The van der Waals surface area contributed by atoms with E-state index >= 15 is 0 Å². The number of nitriles is 1. The Hall–Kier alpha value is -2.15. The van der Waals surface area contributed by atoms with E-state index in [-0.39, 0.29) is 18.1 Å². The van der Waals surface area contributed by atoms with Gasteiger partial charge < -0.3 is 5.11 Å². The molecule has 2 unspecified atom stereocenters. The summed E-state index contributed by atoms with van der Waals surface area (Å²) in [7, 11) is 0. The number of aliphatic carboxylic acids is 1. The largest absolute Gasteiger partial charge is 0.480 e. The van der Waals surface area contributed by atoms with Crippen LogP contribution >= 0.6 is 0 Å². The van der Waals surface area contributed by atoms with Gasteiger partial charge in [-0.3, -0.25) is 9.59 Å². The molecule has 1 aliphatic rings.